The van der Waals surface area contributed by atoms with E-state index < -0.39 is 21.8 Å². The monoisotopic (exact) mass is 323 g/mol. The van der Waals surface area contributed by atoms with Crippen molar-refractivity contribution >= 4 is 21.7 Å². The lowest BCUT2D eigenvalue weighted by molar-refractivity contribution is 0.0661. The predicted octanol–water partition coefficient (Wildman–Crippen LogP) is 3.21. The topological polar surface area (TPSA) is 96.6 Å². The van der Waals surface area contributed by atoms with Crippen LogP contribution in [0.2, 0.25) is 0 Å². The summed E-state index contributed by atoms with van der Waals surface area (Å²) in [6, 6.07) is 8.02. The number of carboxylic acid groups (broad SMARTS) is 1. The van der Waals surface area contributed by atoms with Gasteiger partial charge in [-0.2, -0.15) is 0 Å². The van der Waals surface area contributed by atoms with Gasteiger partial charge in [-0.3, -0.25) is 4.72 Å². The first-order valence-corrected chi connectivity index (χ1v) is 8.15. The second-order valence-corrected chi connectivity index (χ2v) is 6.87. The summed E-state index contributed by atoms with van der Waals surface area (Å²) in [6.45, 7) is 5.49. The van der Waals surface area contributed by atoms with E-state index >= 15 is 0 Å². The quantitative estimate of drug-likeness (QED) is 0.880. The maximum absolute atomic E-state index is 12.3. The van der Waals surface area contributed by atoms with Crippen LogP contribution in [0.4, 0.5) is 5.69 Å². The Morgan fingerprint density at radius 1 is 1.23 bits per heavy atom. The molecule has 1 heterocycles. The average Bonchev–Trinajstić information content (AvgIpc) is 2.82. The molecule has 1 aromatic carbocycles. The summed E-state index contributed by atoms with van der Waals surface area (Å²) in [6.07, 6.45) is 0. The molecule has 0 spiro atoms. The molecule has 2 N–H and O–H groups in total. The SMILES string of the molecule is Cc1oc(C(=O)O)cc1S(=O)(=O)Nc1ccc(C(C)C)cc1. The summed E-state index contributed by atoms with van der Waals surface area (Å²) in [5.74, 6) is -1.34. The van der Waals surface area contributed by atoms with Crippen molar-refractivity contribution in [2.75, 3.05) is 4.72 Å². The zero-order chi connectivity index (χ0) is 16.5. The fraction of sp³-hybridized carbons (Fsp3) is 0.267. The van der Waals surface area contributed by atoms with Crippen molar-refractivity contribution in [1.29, 1.82) is 0 Å². The highest BCUT2D eigenvalue weighted by Gasteiger charge is 2.23. The summed E-state index contributed by atoms with van der Waals surface area (Å²) in [4.78, 5) is 10.7. The van der Waals surface area contributed by atoms with Crippen LogP contribution in [0.15, 0.2) is 39.6 Å². The molecule has 2 rings (SSSR count). The van der Waals surface area contributed by atoms with E-state index in [-0.39, 0.29) is 10.7 Å². The normalized spacial score (nSPS) is 11.6. The molecule has 0 amide bonds. The van der Waals surface area contributed by atoms with E-state index in [9.17, 15) is 13.2 Å². The third-order valence-electron chi connectivity index (χ3n) is 3.20. The maximum atomic E-state index is 12.3. The number of hydrogen-bond acceptors (Lipinski definition) is 4. The highest BCUT2D eigenvalue weighted by Crippen LogP contribution is 2.24. The summed E-state index contributed by atoms with van der Waals surface area (Å²) in [5.41, 5.74) is 1.50. The van der Waals surface area contributed by atoms with Crippen LogP contribution in [-0.2, 0) is 10.0 Å². The lowest BCUT2D eigenvalue weighted by Gasteiger charge is -2.09. The molecule has 0 aliphatic heterocycles. The number of aryl methyl sites for hydroxylation is 1. The number of anilines is 1. The highest BCUT2D eigenvalue weighted by atomic mass is 32.2. The van der Waals surface area contributed by atoms with Crippen LogP contribution in [0, 0.1) is 6.92 Å². The Kier molecular flexibility index (Phi) is 4.27. The summed E-state index contributed by atoms with van der Waals surface area (Å²) in [7, 11) is -3.90. The highest BCUT2D eigenvalue weighted by molar-refractivity contribution is 7.92. The smallest absolute Gasteiger partial charge is 0.371 e. The molecule has 0 aliphatic rings. The summed E-state index contributed by atoms with van der Waals surface area (Å²) in [5, 5.41) is 8.85. The van der Waals surface area contributed by atoms with Gasteiger partial charge in [0.15, 0.2) is 0 Å². The number of rotatable bonds is 5. The Balaban J connectivity index is 2.29. The molecule has 0 saturated heterocycles. The number of furan rings is 1. The number of benzene rings is 1. The van der Waals surface area contributed by atoms with Gasteiger partial charge >= 0.3 is 5.97 Å². The molecular formula is C15H17NO5S. The molecule has 0 saturated carbocycles. The minimum absolute atomic E-state index is 0.0312. The van der Waals surface area contributed by atoms with Gasteiger partial charge in [0.2, 0.25) is 5.76 Å². The number of carbonyl (C=O) groups is 1. The third kappa shape index (κ3) is 3.30. The Morgan fingerprint density at radius 3 is 2.27 bits per heavy atom. The van der Waals surface area contributed by atoms with Crippen molar-refractivity contribution in [3.63, 3.8) is 0 Å². The third-order valence-corrected chi connectivity index (χ3v) is 4.69. The van der Waals surface area contributed by atoms with E-state index in [0.29, 0.717) is 11.6 Å². The van der Waals surface area contributed by atoms with Crippen LogP contribution in [0.25, 0.3) is 0 Å². The van der Waals surface area contributed by atoms with E-state index in [4.69, 9.17) is 9.52 Å². The van der Waals surface area contributed by atoms with Crippen molar-refractivity contribution < 1.29 is 22.7 Å². The summed E-state index contributed by atoms with van der Waals surface area (Å²) >= 11 is 0. The molecule has 7 heteroatoms. The molecule has 6 nitrogen and oxygen atoms in total. The van der Waals surface area contributed by atoms with E-state index in [0.717, 1.165) is 11.6 Å². The standard InChI is InChI=1S/C15H17NO5S/c1-9(2)11-4-6-12(7-5-11)16-22(19,20)14-8-13(15(17)18)21-10(14)3/h4-9,16H,1-3H3,(H,17,18). The first kappa shape index (κ1) is 16.1. The van der Waals surface area contributed by atoms with E-state index in [1.165, 1.54) is 6.92 Å². The molecule has 0 fully saturated rings. The second kappa shape index (κ2) is 5.84. The van der Waals surface area contributed by atoms with Crippen LogP contribution in [0.5, 0.6) is 0 Å². The molecule has 118 valence electrons. The van der Waals surface area contributed by atoms with Gasteiger partial charge in [0.1, 0.15) is 10.7 Å². The Hall–Kier alpha value is -2.28. The van der Waals surface area contributed by atoms with Crippen molar-refractivity contribution in [3.8, 4) is 0 Å². The molecule has 0 atom stereocenters. The van der Waals surface area contributed by atoms with E-state index in [1.54, 1.807) is 12.1 Å². The van der Waals surface area contributed by atoms with Crippen molar-refractivity contribution in [2.24, 2.45) is 0 Å². The van der Waals surface area contributed by atoms with Gasteiger partial charge in [0.05, 0.1) is 0 Å². The predicted molar refractivity (Wildman–Crippen MR) is 81.7 cm³/mol. The maximum Gasteiger partial charge on any atom is 0.371 e. The van der Waals surface area contributed by atoms with Gasteiger partial charge in [-0.25, -0.2) is 13.2 Å². The Bertz CT molecular complexity index is 788. The van der Waals surface area contributed by atoms with E-state index in [1.807, 2.05) is 26.0 Å². The number of hydrogen-bond donors (Lipinski definition) is 2. The van der Waals surface area contributed by atoms with Crippen LogP contribution in [0.1, 0.15) is 41.6 Å². The minimum Gasteiger partial charge on any atom is -0.475 e. The fourth-order valence-electron chi connectivity index (χ4n) is 1.98. The Labute approximate surface area is 128 Å². The van der Waals surface area contributed by atoms with E-state index in [2.05, 4.69) is 4.72 Å². The molecule has 0 aliphatic carbocycles. The molecular weight excluding hydrogens is 306 g/mol. The number of nitrogens with one attached hydrogen (secondary N) is 1. The lowest BCUT2D eigenvalue weighted by atomic mass is 10.0. The molecule has 0 radical (unpaired) electrons. The Morgan fingerprint density at radius 2 is 1.82 bits per heavy atom. The minimum atomic E-state index is -3.90. The van der Waals surface area contributed by atoms with Gasteiger partial charge in [-0.05, 0) is 30.5 Å². The average molecular weight is 323 g/mol. The number of aromatic carboxylic acids is 1. The van der Waals surface area contributed by atoms with Gasteiger partial charge in [-0.15, -0.1) is 0 Å². The zero-order valence-electron chi connectivity index (χ0n) is 12.5. The second-order valence-electron chi connectivity index (χ2n) is 5.22. The van der Waals surface area contributed by atoms with Gasteiger partial charge < -0.3 is 9.52 Å². The van der Waals surface area contributed by atoms with Crippen LogP contribution in [0.3, 0.4) is 0 Å². The lowest BCUT2D eigenvalue weighted by Crippen LogP contribution is -2.13. The molecule has 2 aromatic rings. The molecule has 0 unspecified atom stereocenters. The van der Waals surface area contributed by atoms with Crippen LogP contribution in [-0.4, -0.2) is 19.5 Å². The molecule has 0 bridgehead atoms. The first-order valence-electron chi connectivity index (χ1n) is 6.67. The largest absolute Gasteiger partial charge is 0.475 e. The zero-order valence-corrected chi connectivity index (χ0v) is 13.3. The van der Waals surface area contributed by atoms with Crippen molar-refractivity contribution in [2.45, 2.75) is 31.6 Å². The van der Waals surface area contributed by atoms with Crippen molar-refractivity contribution in [3.05, 3.63) is 47.4 Å². The van der Waals surface area contributed by atoms with Gasteiger partial charge in [0.25, 0.3) is 10.0 Å². The van der Waals surface area contributed by atoms with Gasteiger partial charge in [-0.1, -0.05) is 26.0 Å². The van der Waals surface area contributed by atoms with Crippen LogP contribution >= 0.6 is 0 Å². The molecule has 1 aromatic heterocycles. The number of carboxylic acids is 1. The van der Waals surface area contributed by atoms with Crippen LogP contribution < -0.4 is 4.72 Å². The molecule has 22 heavy (non-hydrogen) atoms. The fourth-order valence-corrected chi connectivity index (χ4v) is 3.22. The number of sulfonamides is 1. The first-order chi connectivity index (χ1) is 10.2. The summed E-state index contributed by atoms with van der Waals surface area (Å²) < 4.78 is 32.0. The van der Waals surface area contributed by atoms with Gasteiger partial charge in [0, 0.05) is 11.8 Å². The van der Waals surface area contributed by atoms with Crippen molar-refractivity contribution in [1.82, 2.24) is 0 Å².